The van der Waals surface area contributed by atoms with Crippen LogP contribution in [0.15, 0.2) is 17.3 Å². The molecule has 1 aliphatic heterocycles. The van der Waals surface area contributed by atoms with Gasteiger partial charge in [-0.1, -0.05) is 0 Å². The minimum absolute atomic E-state index is 0.0763. The van der Waals surface area contributed by atoms with Crippen LogP contribution >= 0.6 is 0 Å². The van der Waals surface area contributed by atoms with E-state index in [2.05, 4.69) is 10.4 Å². The lowest BCUT2D eigenvalue weighted by Gasteiger charge is -2.21. The van der Waals surface area contributed by atoms with E-state index < -0.39 is 10.0 Å². The van der Waals surface area contributed by atoms with Gasteiger partial charge in [0.25, 0.3) is 0 Å². The number of rotatable bonds is 7. The molecule has 7 nitrogen and oxygen atoms in total. The monoisotopic (exact) mass is 302 g/mol. The van der Waals surface area contributed by atoms with Crippen LogP contribution in [0.2, 0.25) is 0 Å². The van der Waals surface area contributed by atoms with E-state index in [0.717, 1.165) is 19.4 Å². The summed E-state index contributed by atoms with van der Waals surface area (Å²) in [6, 6.07) is -0.0763. The Bertz CT molecular complexity index is 523. The summed E-state index contributed by atoms with van der Waals surface area (Å²) in [4.78, 5) is 0.247. The minimum Gasteiger partial charge on any atom is -0.380 e. The third-order valence-electron chi connectivity index (χ3n) is 3.52. The van der Waals surface area contributed by atoms with Crippen molar-refractivity contribution in [3.8, 4) is 0 Å². The highest BCUT2D eigenvalue weighted by Gasteiger charge is 2.31. The summed E-state index contributed by atoms with van der Waals surface area (Å²) < 4.78 is 33.2. The van der Waals surface area contributed by atoms with E-state index in [4.69, 9.17) is 4.74 Å². The lowest BCUT2D eigenvalue weighted by molar-refractivity contribution is 0.181. The van der Waals surface area contributed by atoms with Crippen LogP contribution in [-0.4, -0.2) is 62.4 Å². The molecule has 1 aliphatic rings. The zero-order valence-electron chi connectivity index (χ0n) is 11.9. The van der Waals surface area contributed by atoms with E-state index in [1.165, 1.54) is 10.5 Å². The van der Waals surface area contributed by atoms with Crippen molar-refractivity contribution in [2.24, 2.45) is 0 Å². The first-order valence-corrected chi connectivity index (χ1v) is 8.22. The van der Waals surface area contributed by atoms with Crippen LogP contribution in [0, 0.1) is 0 Å². The lowest BCUT2D eigenvalue weighted by Crippen LogP contribution is -2.37. The lowest BCUT2D eigenvalue weighted by atomic mass is 10.3. The molecule has 1 aromatic rings. The van der Waals surface area contributed by atoms with Crippen molar-refractivity contribution >= 4 is 10.0 Å². The molecule has 1 unspecified atom stereocenters. The smallest absolute Gasteiger partial charge is 0.246 e. The van der Waals surface area contributed by atoms with E-state index in [-0.39, 0.29) is 10.9 Å². The zero-order chi connectivity index (χ0) is 14.6. The van der Waals surface area contributed by atoms with E-state index in [0.29, 0.717) is 19.8 Å². The van der Waals surface area contributed by atoms with Gasteiger partial charge < -0.3 is 10.1 Å². The molecule has 0 aromatic carbocycles. The molecule has 2 rings (SSSR count). The Kier molecular flexibility index (Phi) is 5.14. The number of likely N-dealkylation sites (N-methyl/N-ethyl adjacent to an activating group) is 1. The molecule has 0 radical (unpaired) electrons. The average molecular weight is 302 g/mol. The fraction of sp³-hybridized carbons (Fsp3) is 0.750. The molecular formula is C12H22N4O3S. The van der Waals surface area contributed by atoms with Gasteiger partial charge in [-0.05, 0) is 26.4 Å². The second kappa shape index (κ2) is 6.66. The topological polar surface area (TPSA) is 76.5 Å². The van der Waals surface area contributed by atoms with Crippen LogP contribution in [0.25, 0.3) is 0 Å². The summed E-state index contributed by atoms with van der Waals surface area (Å²) in [5.74, 6) is 0. The Balaban J connectivity index is 2.05. The molecule has 0 bridgehead atoms. The normalized spacial score (nSPS) is 19.9. The van der Waals surface area contributed by atoms with Crippen molar-refractivity contribution in [1.29, 1.82) is 0 Å². The van der Waals surface area contributed by atoms with Gasteiger partial charge in [-0.15, -0.1) is 0 Å². The van der Waals surface area contributed by atoms with Gasteiger partial charge in [0.15, 0.2) is 0 Å². The van der Waals surface area contributed by atoms with Gasteiger partial charge in [-0.2, -0.15) is 9.40 Å². The van der Waals surface area contributed by atoms with Crippen molar-refractivity contribution in [3.05, 3.63) is 12.4 Å². The molecule has 0 aliphatic carbocycles. The van der Waals surface area contributed by atoms with Crippen molar-refractivity contribution in [2.45, 2.75) is 30.3 Å². The molecule has 0 spiro atoms. The number of hydrogen-bond acceptors (Lipinski definition) is 5. The first-order valence-electron chi connectivity index (χ1n) is 6.78. The highest BCUT2D eigenvalue weighted by molar-refractivity contribution is 7.89. The molecule has 1 N–H and O–H groups in total. The third kappa shape index (κ3) is 3.38. The van der Waals surface area contributed by atoms with Gasteiger partial charge in [0.1, 0.15) is 4.90 Å². The first-order chi connectivity index (χ1) is 9.55. The molecule has 114 valence electrons. The summed E-state index contributed by atoms with van der Waals surface area (Å²) in [6.45, 7) is 2.66. The molecule has 20 heavy (non-hydrogen) atoms. The molecule has 0 amide bonds. The largest absolute Gasteiger partial charge is 0.380 e. The summed E-state index contributed by atoms with van der Waals surface area (Å²) >= 11 is 0. The number of aromatic nitrogens is 2. The van der Waals surface area contributed by atoms with Crippen LogP contribution in [-0.2, 0) is 21.3 Å². The van der Waals surface area contributed by atoms with Crippen molar-refractivity contribution in [2.75, 3.05) is 33.9 Å². The molecule has 1 fully saturated rings. The molecule has 1 atom stereocenters. The Morgan fingerprint density at radius 1 is 1.60 bits per heavy atom. The number of hydrogen-bond donors (Lipinski definition) is 1. The van der Waals surface area contributed by atoms with E-state index in [9.17, 15) is 8.42 Å². The Morgan fingerprint density at radius 3 is 3.05 bits per heavy atom. The molecule has 1 aromatic heterocycles. The fourth-order valence-electron chi connectivity index (χ4n) is 2.19. The van der Waals surface area contributed by atoms with Crippen molar-refractivity contribution in [3.63, 3.8) is 0 Å². The van der Waals surface area contributed by atoms with E-state index in [1.807, 2.05) is 7.05 Å². The van der Waals surface area contributed by atoms with Crippen molar-refractivity contribution in [1.82, 2.24) is 19.4 Å². The summed E-state index contributed by atoms with van der Waals surface area (Å²) in [6.07, 6.45) is 4.66. The van der Waals surface area contributed by atoms with Gasteiger partial charge in [0, 0.05) is 26.4 Å². The molecule has 8 heteroatoms. The van der Waals surface area contributed by atoms with Gasteiger partial charge in [0.05, 0.1) is 18.8 Å². The predicted molar refractivity (Wildman–Crippen MR) is 74.9 cm³/mol. The summed E-state index contributed by atoms with van der Waals surface area (Å²) in [5.41, 5.74) is 0. The zero-order valence-corrected chi connectivity index (χ0v) is 12.8. The molecule has 1 saturated heterocycles. The summed E-state index contributed by atoms with van der Waals surface area (Å²) in [7, 11) is 0.0129. The number of nitrogens with one attached hydrogen (secondary N) is 1. The second-order valence-electron chi connectivity index (χ2n) is 4.93. The molecular weight excluding hydrogens is 280 g/mol. The maximum Gasteiger partial charge on any atom is 0.246 e. The first kappa shape index (κ1) is 15.4. The highest BCUT2D eigenvalue weighted by Crippen LogP contribution is 2.20. The number of ether oxygens (including phenoxy) is 1. The Hall–Kier alpha value is -0.960. The van der Waals surface area contributed by atoms with Crippen LogP contribution < -0.4 is 5.32 Å². The molecule has 0 saturated carbocycles. The standard InChI is InChI=1S/C12H22N4O3S/c1-13-5-3-6-16-9-12(8-14-16)20(17,18)15(2)11-4-7-19-10-11/h8-9,11,13H,3-7,10H2,1-2H3. The number of sulfonamides is 1. The minimum atomic E-state index is -3.48. The highest BCUT2D eigenvalue weighted by atomic mass is 32.2. The third-order valence-corrected chi connectivity index (χ3v) is 5.38. The van der Waals surface area contributed by atoms with Gasteiger partial charge in [0.2, 0.25) is 10.0 Å². The van der Waals surface area contributed by atoms with E-state index >= 15 is 0 Å². The van der Waals surface area contributed by atoms with Crippen LogP contribution in [0.5, 0.6) is 0 Å². The maximum absolute atomic E-state index is 12.5. The molecule has 2 heterocycles. The maximum atomic E-state index is 12.5. The van der Waals surface area contributed by atoms with E-state index in [1.54, 1.807) is 17.9 Å². The van der Waals surface area contributed by atoms with Crippen LogP contribution in [0.3, 0.4) is 0 Å². The predicted octanol–water partition coefficient (Wildman–Crippen LogP) is -0.0980. The van der Waals surface area contributed by atoms with Gasteiger partial charge in [-0.25, -0.2) is 8.42 Å². The van der Waals surface area contributed by atoms with Crippen LogP contribution in [0.1, 0.15) is 12.8 Å². The quantitative estimate of drug-likeness (QED) is 0.712. The van der Waals surface area contributed by atoms with Crippen molar-refractivity contribution < 1.29 is 13.2 Å². The van der Waals surface area contributed by atoms with Gasteiger partial charge in [-0.3, -0.25) is 4.68 Å². The Labute approximate surface area is 120 Å². The fourth-order valence-corrected chi connectivity index (χ4v) is 3.52. The SMILES string of the molecule is CNCCCn1cc(S(=O)(=O)N(C)C2CCOC2)cn1. The number of nitrogens with zero attached hydrogens (tertiary/aromatic N) is 3. The average Bonchev–Trinajstić information content (AvgIpc) is 3.09. The summed E-state index contributed by atoms with van der Waals surface area (Å²) in [5, 5.41) is 7.16. The number of aryl methyl sites for hydroxylation is 1. The second-order valence-corrected chi connectivity index (χ2v) is 6.93. The Morgan fingerprint density at radius 2 is 2.40 bits per heavy atom. The van der Waals surface area contributed by atoms with Gasteiger partial charge >= 0.3 is 0 Å². The van der Waals surface area contributed by atoms with Crippen LogP contribution in [0.4, 0.5) is 0 Å².